The minimum Gasteiger partial charge on any atom is -0.497 e. The van der Waals surface area contributed by atoms with Crippen LogP contribution in [0.25, 0.3) is 0 Å². The molecule has 0 aliphatic heterocycles. The van der Waals surface area contributed by atoms with Crippen molar-refractivity contribution in [1.29, 1.82) is 0 Å². The van der Waals surface area contributed by atoms with Crippen molar-refractivity contribution in [2.45, 2.75) is 6.42 Å². The molecule has 0 saturated heterocycles. The van der Waals surface area contributed by atoms with E-state index in [1.807, 2.05) is 0 Å². The van der Waals surface area contributed by atoms with Crippen molar-refractivity contribution in [1.82, 2.24) is 5.32 Å². The standard InChI is InChI=1S/C19H20FNO5/c1-24-15-7-8-16(17(11-15)25-2)19(23)26-12-18(22)21-10-9-13-3-5-14(20)6-4-13/h3-8,11H,9-10,12H2,1-2H3,(H,21,22). The third-order valence-corrected chi connectivity index (χ3v) is 3.61. The first-order chi connectivity index (χ1) is 12.5. The van der Waals surface area contributed by atoms with E-state index in [0.717, 1.165) is 5.56 Å². The molecular weight excluding hydrogens is 341 g/mol. The maximum Gasteiger partial charge on any atom is 0.342 e. The Kier molecular flexibility index (Phi) is 6.96. The molecule has 138 valence electrons. The van der Waals surface area contributed by atoms with Crippen LogP contribution in [0, 0.1) is 5.82 Å². The maximum absolute atomic E-state index is 12.8. The van der Waals surface area contributed by atoms with Gasteiger partial charge >= 0.3 is 5.97 Å². The highest BCUT2D eigenvalue weighted by molar-refractivity contribution is 5.94. The fourth-order valence-corrected chi connectivity index (χ4v) is 2.22. The largest absolute Gasteiger partial charge is 0.497 e. The van der Waals surface area contributed by atoms with Crippen LogP contribution in [0.1, 0.15) is 15.9 Å². The van der Waals surface area contributed by atoms with Crippen molar-refractivity contribution in [2.75, 3.05) is 27.4 Å². The van der Waals surface area contributed by atoms with Crippen LogP contribution < -0.4 is 14.8 Å². The van der Waals surface area contributed by atoms with Gasteiger partial charge in [0.25, 0.3) is 5.91 Å². The smallest absolute Gasteiger partial charge is 0.342 e. The predicted octanol–water partition coefficient (Wildman–Crippen LogP) is 2.36. The number of benzene rings is 2. The van der Waals surface area contributed by atoms with E-state index in [1.165, 1.54) is 32.4 Å². The lowest BCUT2D eigenvalue weighted by Crippen LogP contribution is -2.30. The Bertz CT molecular complexity index is 761. The first kappa shape index (κ1) is 19.2. The molecule has 0 heterocycles. The van der Waals surface area contributed by atoms with Crippen molar-refractivity contribution in [2.24, 2.45) is 0 Å². The van der Waals surface area contributed by atoms with Crippen LogP contribution in [0.4, 0.5) is 4.39 Å². The highest BCUT2D eigenvalue weighted by atomic mass is 19.1. The van der Waals surface area contributed by atoms with Gasteiger partial charge in [-0.3, -0.25) is 4.79 Å². The van der Waals surface area contributed by atoms with E-state index in [9.17, 15) is 14.0 Å². The van der Waals surface area contributed by atoms with Crippen LogP contribution in [0.5, 0.6) is 11.5 Å². The lowest BCUT2D eigenvalue weighted by Gasteiger charge is -2.10. The van der Waals surface area contributed by atoms with E-state index in [1.54, 1.807) is 24.3 Å². The summed E-state index contributed by atoms with van der Waals surface area (Å²) in [6.45, 7) is -0.0503. The van der Waals surface area contributed by atoms with Gasteiger partial charge in [0.1, 0.15) is 22.9 Å². The van der Waals surface area contributed by atoms with Gasteiger partial charge in [-0.05, 0) is 36.2 Å². The Morgan fingerprint density at radius 2 is 1.77 bits per heavy atom. The summed E-state index contributed by atoms with van der Waals surface area (Å²) < 4.78 is 28.0. The number of carbonyl (C=O) groups is 2. The number of hydrogen-bond acceptors (Lipinski definition) is 5. The third-order valence-electron chi connectivity index (χ3n) is 3.61. The van der Waals surface area contributed by atoms with Gasteiger partial charge in [0.15, 0.2) is 6.61 Å². The molecule has 0 atom stereocenters. The number of halogens is 1. The summed E-state index contributed by atoms with van der Waals surface area (Å²) in [5.41, 5.74) is 1.10. The minimum absolute atomic E-state index is 0.201. The summed E-state index contributed by atoms with van der Waals surface area (Å²) in [6, 6.07) is 10.7. The van der Waals surface area contributed by atoms with Gasteiger partial charge in [0, 0.05) is 12.6 Å². The number of nitrogens with one attached hydrogen (secondary N) is 1. The van der Waals surface area contributed by atoms with Gasteiger partial charge in [-0.2, -0.15) is 0 Å². The molecule has 2 rings (SSSR count). The van der Waals surface area contributed by atoms with E-state index < -0.39 is 18.5 Å². The number of amides is 1. The van der Waals surface area contributed by atoms with Crippen LogP contribution in [0.3, 0.4) is 0 Å². The number of rotatable bonds is 8. The molecular formula is C19H20FNO5. The zero-order valence-electron chi connectivity index (χ0n) is 14.6. The minimum atomic E-state index is -0.668. The fourth-order valence-electron chi connectivity index (χ4n) is 2.22. The molecule has 1 amide bonds. The van der Waals surface area contributed by atoms with E-state index in [4.69, 9.17) is 14.2 Å². The summed E-state index contributed by atoms with van der Waals surface area (Å²) in [7, 11) is 2.93. The second-order valence-corrected chi connectivity index (χ2v) is 5.37. The fraction of sp³-hybridized carbons (Fsp3) is 0.263. The SMILES string of the molecule is COc1ccc(C(=O)OCC(=O)NCCc2ccc(F)cc2)c(OC)c1. The first-order valence-corrected chi connectivity index (χ1v) is 7.93. The molecule has 0 radical (unpaired) electrons. The topological polar surface area (TPSA) is 73.9 Å². The van der Waals surface area contributed by atoms with Crippen molar-refractivity contribution in [3.8, 4) is 11.5 Å². The Morgan fingerprint density at radius 3 is 2.42 bits per heavy atom. The number of methoxy groups -OCH3 is 2. The number of ether oxygens (including phenoxy) is 3. The Balaban J connectivity index is 1.79. The molecule has 0 bridgehead atoms. The van der Waals surface area contributed by atoms with Crippen LogP contribution in [0.2, 0.25) is 0 Å². The number of hydrogen-bond donors (Lipinski definition) is 1. The molecule has 0 spiro atoms. The van der Waals surface area contributed by atoms with Gasteiger partial charge in [-0.1, -0.05) is 12.1 Å². The van der Waals surface area contributed by atoms with Crippen molar-refractivity contribution in [3.63, 3.8) is 0 Å². The zero-order chi connectivity index (χ0) is 18.9. The highest BCUT2D eigenvalue weighted by Gasteiger charge is 2.16. The monoisotopic (exact) mass is 361 g/mol. The molecule has 2 aromatic rings. The van der Waals surface area contributed by atoms with Crippen LogP contribution >= 0.6 is 0 Å². The van der Waals surface area contributed by atoms with Gasteiger partial charge in [0.2, 0.25) is 0 Å². The predicted molar refractivity (Wildman–Crippen MR) is 92.9 cm³/mol. The maximum atomic E-state index is 12.8. The van der Waals surface area contributed by atoms with Gasteiger partial charge < -0.3 is 19.5 Å². The third kappa shape index (κ3) is 5.47. The molecule has 0 aliphatic rings. The van der Waals surface area contributed by atoms with Gasteiger partial charge in [-0.25, -0.2) is 9.18 Å². The summed E-state index contributed by atoms with van der Waals surface area (Å²) in [5.74, 6) is -0.562. The Hall–Kier alpha value is -3.09. The Labute approximate surface area is 150 Å². The number of carbonyl (C=O) groups excluding carboxylic acids is 2. The van der Waals surface area contributed by atoms with Crippen molar-refractivity contribution < 1.29 is 28.2 Å². The summed E-state index contributed by atoms with van der Waals surface area (Å²) in [5, 5.41) is 2.64. The molecule has 0 aliphatic carbocycles. The molecule has 7 heteroatoms. The van der Waals surface area contributed by atoms with Crippen LogP contribution in [0.15, 0.2) is 42.5 Å². The van der Waals surface area contributed by atoms with Gasteiger partial charge in [-0.15, -0.1) is 0 Å². The van der Waals surface area contributed by atoms with Crippen LogP contribution in [-0.2, 0) is 16.0 Å². The normalized spacial score (nSPS) is 10.1. The first-order valence-electron chi connectivity index (χ1n) is 7.93. The molecule has 0 aromatic heterocycles. The lowest BCUT2D eigenvalue weighted by molar-refractivity contribution is -0.124. The number of esters is 1. The lowest BCUT2D eigenvalue weighted by atomic mass is 10.1. The van der Waals surface area contributed by atoms with Crippen LogP contribution in [-0.4, -0.2) is 39.2 Å². The summed E-state index contributed by atoms with van der Waals surface area (Å²) >= 11 is 0. The molecule has 0 unspecified atom stereocenters. The Morgan fingerprint density at radius 1 is 1.04 bits per heavy atom. The molecule has 6 nitrogen and oxygen atoms in total. The molecule has 26 heavy (non-hydrogen) atoms. The summed E-state index contributed by atoms with van der Waals surface area (Å²) in [4.78, 5) is 23.9. The molecule has 2 aromatic carbocycles. The van der Waals surface area contributed by atoms with E-state index >= 15 is 0 Å². The molecule has 1 N–H and O–H groups in total. The second kappa shape index (κ2) is 9.41. The average molecular weight is 361 g/mol. The van der Waals surface area contributed by atoms with Crippen molar-refractivity contribution in [3.05, 3.63) is 59.4 Å². The average Bonchev–Trinajstić information content (AvgIpc) is 2.67. The van der Waals surface area contributed by atoms with E-state index in [0.29, 0.717) is 24.5 Å². The summed E-state index contributed by atoms with van der Waals surface area (Å²) in [6.07, 6.45) is 0.548. The molecule has 0 fully saturated rings. The van der Waals surface area contributed by atoms with Crippen molar-refractivity contribution >= 4 is 11.9 Å². The van der Waals surface area contributed by atoms with Gasteiger partial charge in [0.05, 0.1) is 14.2 Å². The van der Waals surface area contributed by atoms with E-state index in [-0.39, 0.29) is 11.4 Å². The second-order valence-electron chi connectivity index (χ2n) is 5.37. The quantitative estimate of drug-likeness (QED) is 0.731. The van der Waals surface area contributed by atoms with E-state index in [2.05, 4.69) is 5.32 Å². The zero-order valence-corrected chi connectivity index (χ0v) is 14.6. The molecule has 0 saturated carbocycles. The highest BCUT2D eigenvalue weighted by Crippen LogP contribution is 2.25.